The van der Waals surface area contributed by atoms with Gasteiger partial charge in [-0.05, 0) is 26.0 Å². The van der Waals surface area contributed by atoms with E-state index in [0.29, 0.717) is 13.2 Å². The minimum absolute atomic E-state index is 0.203. The van der Waals surface area contributed by atoms with E-state index in [4.69, 9.17) is 4.74 Å². The summed E-state index contributed by atoms with van der Waals surface area (Å²) in [6, 6.07) is 6.17. The van der Waals surface area contributed by atoms with E-state index in [-0.39, 0.29) is 6.04 Å². The van der Waals surface area contributed by atoms with Crippen molar-refractivity contribution >= 4 is 11.8 Å². The van der Waals surface area contributed by atoms with Gasteiger partial charge in [-0.25, -0.2) is 9.98 Å². The van der Waals surface area contributed by atoms with Crippen molar-refractivity contribution in [2.45, 2.75) is 26.4 Å². The second-order valence-corrected chi connectivity index (χ2v) is 5.08. The molecule has 0 aliphatic rings. The first-order chi connectivity index (χ1) is 10.1. The Bertz CT molecular complexity index is 447. The molecule has 0 fully saturated rings. The number of methoxy groups -OCH3 is 1. The van der Waals surface area contributed by atoms with E-state index in [2.05, 4.69) is 27.5 Å². The third-order valence-electron chi connectivity index (χ3n) is 2.79. The van der Waals surface area contributed by atoms with Crippen molar-refractivity contribution in [1.29, 1.82) is 0 Å². The lowest BCUT2D eigenvalue weighted by Crippen LogP contribution is -2.43. The zero-order valence-corrected chi connectivity index (χ0v) is 13.7. The van der Waals surface area contributed by atoms with Gasteiger partial charge in [-0.3, -0.25) is 0 Å². The fourth-order valence-corrected chi connectivity index (χ4v) is 1.81. The Morgan fingerprint density at radius 3 is 2.81 bits per heavy atom. The average Bonchev–Trinajstić information content (AvgIpc) is 2.45. The number of pyridine rings is 1. The molecular formula is C15H27N5O. The van der Waals surface area contributed by atoms with Crippen LogP contribution in [0.25, 0.3) is 0 Å². The number of anilines is 1. The number of ether oxygens (including phenoxy) is 1. The first-order valence-corrected chi connectivity index (χ1v) is 7.23. The Labute approximate surface area is 127 Å². The normalized spacial score (nSPS) is 12.9. The van der Waals surface area contributed by atoms with Crippen molar-refractivity contribution in [3.05, 3.63) is 23.9 Å². The number of aromatic nitrogens is 1. The van der Waals surface area contributed by atoms with Gasteiger partial charge < -0.3 is 20.3 Å². The molecule has 2 N–H and O–H groups in total. The van der Waals surface area contributed by atoms with Crippen LogP contribution < -0.4 is 15.5 Å². The molecule has 6 heteroatoms. The van der Waals surface area contributed by atoms with Crippen molar-refractivity contribution in [3.63, 3.8) is 0 Å². The fourth-order valence-electron chi connectivity index (χ4n) is 1.81. The van der Waals surface area contributed by atoms with Gasteiger partial charge in [0.25, 0.3) is 0 Å². The maximum Gasteiger partial charge on any atom is 0.191 e. The van der Waals surface area contributed by atoms with E-state index < -0.39 is 0 Å². The highest BCUT2D eigenvalue weighted by atomic mass is 16.5. The predicted molar refractivity (Wildman–Crippen MR) is 87.9 cm³/mol. The standard InChI is InChI=1S/C15H27N5O/c1-6-16-15(18-12(2)11-21-5)17-10-13-8-7-9-14(19-13)20(3)4/h7-9,12H,6,10-11H2,1-5H3,(H2,16,17,18). The van der Waals surface area contributed by atoms with Gasteiger partial charge in [0, 0.05) is 33.8 Å². The first-order valence-electron chi connectivity index (χ1n) is 7.23. The fraction of sp³-hybridized carbons (Fsp3) is 0.600. The van der Waals surface area contributed by atoms with Crippen LogP contribution >= 0.6 is 0 Å². The summed E-state index contributed by atoms with van der Waals surface area (Å²) in [6.07, 6.45) is 0. The molecule has 1 rings (SSSR count). The van der Waals surface area contributed by atoms with Crippen molar-refractivity contribution < 1.29 is 4.74 Å². The van der Waals surface area contributed by atoms with E-state index >= 15 is 0 Å². The van der Waals surface area contributed by atoms with Gasteiger partial charge in [0.1, 0.15) is 5.82 Å². The molecule has 6 nitrogen and oxygen atoms in total. The molecule has 0 spiro atoms. The van der Waals surface area contributed by atoms with Crippen LogP contribution in [0, 0.1) is 0 Å². The van der Waals surface area contributed by atoms with Gasteiger partial charge in [0.05, 0.1) is 18.8 Å². The molecule has 0 saturated heterocycles. The molecule has 118 valence electrons. The van der Waals surface area contributed by atoms with Gasteiger partial charge in [-0.1, -0.05) is 6.07 Å². The molecule has 0 amide bonds. The van der Waals surface area contributed by atoms with Gasteiger partial charge in [-0.2, -0.15) is 0 Å². The number of guanidine groups is 1. The smallest absolute Gasteiger partial charge is 0.191 e. The zero-order valence-electron chi connectivity index (χ0n) is 13.7. The topological polar surface area (TPSA) is 61.8 Å². The summed E-state index contributed by atoms with van der Waals surface area (Å²) < 4.78 is 5.12. The summed E-state index contributed by atoms with van der Waals surface area (Å²) >= 11 is 0. The highest BCUT2D eigenvalue weighted by Gasteiger charge is 2.05. The first kappa shape index (κ1) is 17.2. The van der Waals surface area contributed by atoms with E-state index in [1.807, 2.05) is 44.1 Å². The Morgan fingerprint density at radius 1 is 1.43 bits per heavy atom. The van der Waals surface area contributed by atoms with Gasteiger partial charge in [0.2, 0.25) is 0 Å². The zero-order chi connectivity index (χ0) is 15.7. The Kier molecular flexibility index (Phi) is 7.53. The van der Waals surface area contributed by atoms with Crippen LogP contribution in [-0.4, -0.2) is 51.3 Å². The number of hydrogen-bond donors (Lipinski definition) is 2. The molecule has 1 atom stereocenters. The molecule has 0 aliphatic heterocycles. The molecule has 0 aliphatic carbocycles. The molecule has 1 aromatic heterocycles. The minimum atomic E-state index is 0.203. The molecule has 1 unspecified atom stereocenters. The quantitative estimate of drug-likeness (QED) is 0.585. The Balaban J connectivity index is 2.70. The second kappa shape index (κ2) is 9.18. The molecule has 21 heavy (non-hydrogen) atoms. The predicted octanol–water partition coefficient (Wildman–Crippen LogP) is 1.24. The number of aliphatic imine (C=N–C) groups is 1. The van der Waals surface area contributed by atoms with Crippen LogP contribution in [0.5, 0.6) is 0 Å². The third kappa shape index (κ3) is 6.44. The lowest BCUT2D eigenvalue weighted by molar-refractivity contribution is 0.179. The molecular weight excluding hydrogens is 266 g/mol. The van der Waals surface area contributed by atoms with Gasteiger partial charge in [-0.15, -0.1) is 0 Å². The van der Waals surface area contributed by atoms with Crippen LogP contribution in [0.3, 0.4) is 0 Å². The van der Waals surface area contributed by atoms with Crippen LogP contribution in [0.4, 0.5) is 5.82 Å². The molecule has 0 radical (unpaired) electrons. The van der Waals surface area contributed by atoms with E-state index in [0.717, 1.165) is 24.0 Å². The Morgan fingerprint density at radius 2 is 2.19 bits per heavy atom. The third-order valence-corrected chi connectivity index (χ3v) is 2.79. The summed E-state index contributed by atoms with van der Waals surface area (Å²) in [5.74, 6) is 1.72. The maximum absolute atomic E-state index is 5.12. The highest BCUT2D eigenvalue weighted by molar-refractivity contribution is 5.80. The lowest BCUT2D eigenvalue weighted by atomic mass is 10.3. The van der Waals surface area contributed by atoms with E-state index in [1.54, 1.807) is 7.11 Å². The molecule has 0 saturated carbocycles. The van der Waals surface area contributed by atoms with Crippen LogP contribution in [0.1, 0.15) is 19.5 Å². The molecule has 1 heterocycles. The number of nitrogens with one attached hydrogen (secondary N) is 2. The minimum Gasteiger partial charge on any atom is -0.383 e. The van der Waals surface area contributed by atoms with Gasteiger partial charge >= 0.3 is 0 Å². The van der Waals surface area contributed by atoms with Crippen molar-refractivity contribution in [3.8, 4) is 0 Å². The van der Waals surface area contributed by atoms with Gasteiger partial charge in [0.15, 0.2) is 5.96 Å². The average molecular weight is 293 g/mol. The number of hydrogen-bond acceptors (Lipinski definition) is 4. The number of nitrogens with zero attached hydrogens (tertiary/aromatic N) is 3. The summed E-state index contributed by atoms with van der Waals surface area (Å²) in [4.78, 5) is 11.1. The SMILES string of the molecule is CCNC(=NCc1cccc(N(C)C)n1)NC(C)COC. The maximum atomic E-state index is 5.12. The van der Waals surface area contributed by atoms with Crippen LogP contribution in [0.2, 0.25) is 0 Å². The van der Waals surface area contributed by atoms with Crippen molar-refractivity contribution in [1.82, 2.24) is 15.6 Å². The van der Waals surface area contributed by atoms with Crippen LogP contribution in [0.15, 0.2) is 23.2 Å². The summed E-state index contributed by atoms with van der Waals surface area (Å²) in [6.45, 7) is 6.09. The largest absolute Gasteiger partial charge is 0.383 e. The van der Waals surface area contributed by atoms with Crippen molar-refractivity contribution in [2.75, 3.05) is 39.3 Å². The molecule has 0 bridgehead atoms. The van der Waals surface area contributed by atoms with Crippen LogP contribution in [-0.2, 0) is 11.3 Å². The van der Waals surface area contributed by atoms with Crippen molar-refractivity contribution in [2.24, 2.45) is 4.99 Å². The van der Waals surface area contributed by atoms with E-state index in [1.165, 1.54) is 0 Å². The Hall–Kier alpha value is -1.82. The molecule has 0 aromatic carbocycles. The number of rotatable bonds is 7. The second-order valence-electron chi connectivity index (χ2n) is 5.08. The summed E-state index contributed by atoms with van der Waals surface area (Å²) in [7, 11) is 5.65. The highest BCUT2D eigenvalue weighted by Crippen LogP contribution is 2.08. The molecule has 1 aromatic rings. The monoisotopic (exact) mass is 293 g/mol. The summed E-state index contributed by atoms with van der Waals surface area (Å²) in [5, 5.41) is 6.53. The van der Waals surface area contributed by atoms with E-state index in [9.17, 15) is 0 Å². The summed E-state index contributed by atoms with van der Waals surface area (Å²) in [5.41, 5.74) is 0.942. The lowest BCUT2D eigenvalue weighted by Gasteiger charge is -2.17.